The molecule has 11 nitrogen and oxygen atoms in total. The van der Waals surface area contributed by atoms with E-state index < -0.39 is 0 Å². The zero-order valence-corrected chi connectivity index (χ0v) is 26.1. The fourth-order valence-corrected chi connectivity index (χ4v) is 5.66. The van der Waals surface area contributed by atoms with Crippen LogP contribution >= 0.6 is 11.9 Å². The normalized spacial score (nSPS) is 14.9. The molecule has 1 aliphatic rings. The topological polar surface area (TPSA) is 104 Å². The lowest BCUT2D eigenvalue weighted by molar-refractivity contribution is 0.315. The van der Waals surface area contributed by atoms with E-state index in [1.165, 1.54) is 11.3 Å². The molecular weight excluding hydrogens is 550 g/mol. The highest BCUT2D eigenvalue weighted by Crippen LogP contribution is 2.39. The van der Waals surface area contributed by atoms with Gasteiger partial charge < -0.3 is 34.2 Å². The van der Waals surface area contributed by atoms with Gasteiger partial charge in [0.15, 0.2) is 11.6 Å². The lowest BCUT2D eigenvalue weighted by Crippen LogP contribution is -2.31. The van der Waals surface area contributed by atoms with E-state index in [1.54, 1.807) is 44.8 Å². The minimum atomic E-state index is 0.417. The van der Waals surface area contributed by atoms with Crippen molar-refractivity contribution in [3.63, 3.8) is 0 Å². The van der Waals surface area contributed by atoms with Gasteiger partial charge in [-0.05, 0) is 50.7 Å². The van der Waals surface area contributed by atoms with Gasteiger partial charge in [0.25, 0.3) is 0 Å². The van der Waals surface area contributed by atoms with Crippen molar-refractivity contribution in [3.05, 3.63) is 48.4 Å². The van der Waals surface area contributed by atoms with E-state index in [4.69, 9.17) is 14.5 Å². The van der Waals surface area contributed by atoms with E-state index >= 15 is 0 Å². The Hall–Kier alpha value is -4.03. The van der Waals surface area contributed by atoms with Gasteiger partial charge in [0.1, 0.15) is 11.3 Å². The van der Waals surface area contributed by atoms with E-state index in [2.05, 4.69) is 68.5 Å². The lowest BCUT2D eigenvalue weighted by atomic mass is 10.1. The highest BCUT2D eigenvalue weighted by Gasteiger charge is 2.26. The third kappa shape index (κ3) is 5.95. The number of benzene rings is 2. The van der Waals surface area contributed by atoms with Gasteiger partial charge in [0, 0.05) is 56.6 Å². The minimum Gasteiger partial charge on any atom is -0.494 e. The Morgan fingerprint density at radius 3 is 2.48 bits per heavy atom. The standard InChI is InChI=1S/C30H39N9O2S/c1-8-19-15-23(25(40-5)16-24(19)39-14-11-20(18-39)37(2)3)35-30-33-17-26(41-6)29(36-30)34-22-10-9-21-27(32-13-12-31-21)28(22)38(4)42-7/h9-10,12-13,15-17,20H,8,11,14,18H2,1-7H3,(H2,33,34,35,36). The predicted molar refractivity (Wildman–Crippen MR) is 173 cm³/mol. The molecule has 0 saturated carbocycles. The van der Waals surface area contributed by atoms with Crippen LogP contribution in [0.2, 0.25) is 0 Å². The number of anilines is 6. The maximum Gasteiger partial charge on any atom is 0.229 e. The van der Waals surface area contributed by atoms with Crippen LogP contribution in [0.1, 0.15) is 18.9 Å². The number of ether oxygens (including phenoxy) is 2. The second kappa shape index (κ2) is 12.9. The Balaban J connectivity index is 1.47. The van der Waals surface area contributed by atoms with Gasteiger partial charge in [-0.1, -0.05) is 18.9 Å². The van der Waals surface area contributed by atoms with Crippen molar-refractivity contribution in [2.24, 2.45) is 0 Å². The zero-order valence-electron chi connectivity index (χ0n) is 25.3. The molecule has 1 saturated heterocycles. The summed E-state index contributed by atoms with van der Waals surface area (Å²) in [6, 6.07) is 8.73. The summed E-state index contributed by atoms with van der Waals surface area (Å²) in [5.74, 6) is 2.19. The number of nitrogens with one attached hydrogen (secondary N) is 2. The molecule has 2 aromatic carbocycles. The number of aromatic nitrogens is 4. The molecule has 1 aliphatic heterocycles. The smallest absolute Gasteiger partial charge is 0.229 e. The molecule has 12 heteroatoms. The van der Waals surface area contributed by atoms with E-state index in [-0.39, 0.29) is 0 Å². The maximum absolute atomic E-state index is 5.84. The highest BCUT2D eigenvalue weighted by atomic mass is 32.2. The molecule has 1 unspecified atom stereocenters. The molecule has 0 amide bonds. The van der Waals surface area contributed by atoms with Crippen molar-refractivity contribution in [2.75, 3.05) is 74.5 Å². The number of methoxy groups -OCH3 is 2. The van der Waals surface area contributed by atoms with Gasteiger partial charge in [-0.3, -0.25) is 9.97 Å². The Labute approximate surface area is 251 Å². The van der Waals surface area contributed by atoms with Crippen LogP contribution < -0.4 is 29.3 Å². The van der Waals surface area contributed by atoms with Gasteiger partial charge in [0.2, 0.25) is 5.95 Å². The molecule has 2 aromatic heterocycles. The van der Waals surface area contributed by atoms with Crippen LogP contribution in [-0.4, -0.2) is 85.6 Å². The molecule has 3 heterocycles. The van der Waals surface area contributed by atoms with Crippen LogP contribution in [0, 0.1) is 0 Å². The molecule has 4 aromatic rings. The van der Waals surface area contributed by atoms with Gasteiger partial charge >= 0.3 is 0 Å². The SMILES string of the molecule is CCc1cc(Nc2ncc(OC)c(Nc3ccc4nccnc4c3N(C)SC)n2)c(OC)cc1N1CCC(N(C)C)C1. The molecule has 5 rings (SSSR count). The van der Waals surface area contributed by atoms with E-state index in [1.807, 2.05) is 29.7 Å². The monoisotopic (exact) mass is 589 g/mol. The first-order valence-corrected chi connectivity index (χ1v) is 15.1. The van der Waals surface area contributed by atoms with Gasteiger partial charge in [-0.25, -0.2) is 4.98 Å². The van der Waals surface area contributed by atoms with Crippen molar-refractivity contribution >= 4 is 57.5 Å². The molecule has 42 heavy (non-hydrogen) atoms. The Morgan fingerprint density at radius 2 is 1.79 bits per heavy atom. The third-order valence-electron chi connectivity index (χ3n) is 7.69. The number of rotatable bonds is 11. The molecule has 0 bridgehead atoms. The Morgan fingerprint density at radius 1 is 1.00 bits per heavy atom. The number of likely N-dealkylation sites (N-methyl/N-ethyl adjacent to an activating group) is 1. The number of fused-ring (bicyclic) bond motifs is 1. The summed E-state index contributed by atoms with van der Waals surface area (Å²) in [4.78, 5) is 23.2. The summed E-state index contributed by atoms with van der Waals surface area (Å²) < 4.78 is 13.5. The van der Waals surface area contributed by atoms with Crippen LogP contribution in [0.15, 0.2) is 42.9 Å². The predicted octanol–water partition coefficient (Wildman–Crippen LogP) is 5.34. The van der Waals surface area contributed by atoms with Crippen molar-refractivity contribution in [1.82, 2.24) is 24.8 Å². The minimum absolute atomic E-state index is 0.417. The van der Waals surface area contributed by atoms with Crippen LogP contribution in [0.5, 0.6) is 11.5 Å². The fourth-order valence-electron chi connectivity index (χ4n) is 5.29. The molecule has 0 aliphatic carbocycles. The van der Waals surface area contributed by atoms with Gasteiger partial charge in [-0.2, -0.15) is 4.98 Å². The lowest BCUT2D eigenvalue weighted by Gasteiger charge is -2.25. The molecule has 0 radical (unpaired) electrons. The van der Waals surface area contributed by atoms with Crippen LogP contribution in [0.4, 0.5) is 34.5 Å². The molecule has 0 spiro atoms. The fraction of sp³-hybridized carbons (Fsp3) is 0.400. The maximum atomic E-state index is 5.84. The summed E-state index contributed by atoms with van der Waals surface area (Å²) >= 11 is 1.58. The number of nitrogens with zero attached hydrogens (tertiary/aromatic N) is 7. The van der Waals surface area contributed by atoms with Crippen molar-refractivity contribution in [3.8, 4) is 11.5 Å². The van der Waals surface area contributed by atoms with E-state index in [9.17, 15) is 0 Å². The third-order valence-corrected chi connectivity index (χ3v) is 8.42. The Kier molecular flexibility index (Phi) is 9.03. The highest BCUT2D eigenvalue weighted by molar-refractivity contribution is 7.99. The van der Waals surface area contributed by atoms with Crippen LogP contribution in [0.25, 0.3) is 11.0 Å². The number of hydrogen-bond donors (Lipinski definition) is 2. The molecule has 222 valence electrons. The zero-order chi connectivity index (χ0) is 29.8. The average Bonchev–Trinajstić information content (AvgIpc) is 3.51. The van der Waals surface area contributed by atoms with Crippen molar-refractivity contribution in [2.45, 2.75) is 25.8 Å². The molecule has 1 fully saturated rings. The average molecular weight is 590 g/mol. The van der Waals surface area contributed by atoms with Crippen LogP contribution in [0.3, 0.4) is 0 Å². The van der Waals surface area contributed by atoms with Crippen molar-refractivity contribution in [1.29, 1.82) is 0 Å². The Bertz CT molecular complexity index is 1550. The van der Waals surface area contributed by atoms with E-state index in [0.717, 1.165) is 59.8 Å². The second-order valence-electron chi connectivity index (χ2n) is 10.3. The number of aryl methyl sites for hydroxylation is 1. The molecular formula is C30H39N9O2S. The second-order valence-corrected chi connectivity index (χ2v) is 11.2. The van der Waals surface area contributed by atoms with Crippen LogP contribution in [-0.2, 0) is 6.42 Å². The summed E-state index contributed by atoms with van der Waals surface area (Å²) in [6.45, 7) is 4.20. The first-order valence-electron chi connectivity index (χ1n) is 14.0. The summed E-state index contributed by atoms with van der Waals surface area (Å²) in [7, 11) is 9.59. The summed E-state index contributed by atoms with van der Waals surface area (Å²) in [5.41, 5.74) is 6.58. The van der Waals surface area contributed by atoms with E-state index in [0.29, 0.717) is 23.6 Å². The summed E-state index contributed by atoms with van der Waals surface area (Å²) in [6.07, 6.45) is 9.10. The largest absolute Gasteiger partial charge is 0.494 e. The number of hydrogen-bond acceptors (Lipinski definition) is 12. The van der Waals surface area contributed by atoms with Crippen molar-refractivity contribution < 1.29 is 9.47 Å². The summed E-state index contributed by atoms with van der Waals surface area (Å²) in [5, 5.41) is 6.85. The first-order chi connectivity index (χ1) is 20.4. The van der Waals surface area contributed by atoms with Gasteiger partial charge in [0.05, 0.1) is 43.0 Å². The quantitative estimate of drug-likeness (QED) is 0.221. The first kappa shape index (κ1) is 29.5. The molecule has 1 atom stereocenters. The van der Waals surface area contributed by atoms with Gasteiger partial charge in [-0.15, -0.1) is 0 Å². The molecule has 2 N–H and O–H groups in total.